The molecule has 2 N–H and O–H groups in total. The predicted octanol–water partition coefficient (Wildman–Crippen LogP) is 4.61. The standard InChI is InChI=1S/C20H17F2N3O/c1-11-8-14(11)20(26)23-19-9-15-17(24-25-18(15)10-16(19)22)7-4-12-2-5-13(21)6-3-12/h2-7,9-11,14H,8H2,1H3,(H,23,26)(H,24,25). The molecule has 1 aliphatic carbocycles. The smallest absolute Gasteiger partial charge is 0.227 e. The molecule has 0 saturated heterocycles. The SMILES string of the molecule is CC1CC1C(=O)Nc1cc2c(C=Cc3ccc(F)cc3)n[nH]c2cc1F. The third-order valence-corrected chi connectivity index (χ3v) is 4.69. The summed E-state index contributed by atoms with van der Waals surface area (Å²) in [5, 5.41) is 10.3. The Morgan fingerprint density at radius 1 is 1.23 bits per heavy atom. The first-order valence-electron chi connectivity index (χ1n) is 8.43. The lowest BCUT2D eigenvalue weighted by Crippen LogP contribution is -2.15. The minimum atomic E-state index is -0.503. The summed E-state index contributed by atoms with van der Waals surface area (Å²) in [4.78, 5) is 12.1. The number of benzene rings is 2. The summed E-state index contributed by atoms with van der Waals surface area (Å²) in [6, 6.07) is 8.98. The van der Waals surface area contributed by atoms with Gasteiger partial charge in [0.25, 0.3) is 0 Å². The number of aromatic amines is 1. The molecule has 1 fully saturated rings. The summed E-state index contributed by atoms with van der Waals surface area (Å²) in [5.41, 5.74) is 2.12. The number of nitrogens with zero attached hydrogens (tertiary/aromatic N) is 1. The molecule has 2 aromatic carbocycles. The van der Waals surface area contributed by atoms with E-state index in [9.17, 15) is 13.6 Å². The summed E-state index contributed by atoms with van der Waals surface area (Å²) < 4.78 is 27.2. The average Bonchev–Trinajstić information content (AvgIpc) is 3.23. The molecule has 132 valence electrons. The molecule has 3 aromatic rings. The van der Waals surface area contributed by atoms with Crippen LogP contribution in [0.5, 0.6) is 0 Å². The lowest BCUT2D eigenvalue weighted by Gasteiger charge is -2.06. The van der Waals surface area contributed by atoms with Crippen LogP contribution in [0.15, 0.2) is 36.4 Å². The zero-order chi connectivity index (χ0) is 18.3. The van der Waals surface area contributed by atoms with Crippen molar-refractivity contribution in [3.63, 3.8) is 0 Å². The van der Waals surface area contributed by atoms with E-state index in [-0.39, 0.29) is 23.3 Å². The van der Waals surface area contributed by atoms with Crippen molar-refractivity contribution in [2.24, 2.45) is 11.8 Å². The molecule has 6 heteroatoms. The van der Waals surface area contributed by atoms with Crippen molar-refractivity contribution in [2.75, 3.05) is 5.32 Å². The van der Waals surface area contributed by atoms with Gasteiger partial charge in [-0.25, -0.2) is 8.78 Å². The molecule has 1 amide bonds. The second-order valence-electron chi connectivity index (χ2n) is 6.68. The summed E-state index contributed by atoms with van der Waals surface area (Å²) in [6.07, 6.45) is 4.40. The molecule has 2 atom stereocenters. The number of amides is 1. The van der Waals surface area contributed by atoms with E-state index in [4.69, 9.17) is 0 Å². The van der Waals surface area contributed by atoms with Crippen molar-refractivity contribution < 1.29 is 13.6 Å². The summed E-state index contributed by atoms with van der Waals surface area (Å²) in [7, 11) is 0. The highest BCUT2D eigenvalue weighted by atomic mass is 19.1. The molecule has 0 aliphatic heterocycles. The molecule has 4 nitrogen and oxygen atoms in total. The quantitative estimate of drug-likeness (QED) is 0.720. The molecule has 1 aromatic heterocycles. The van der Waals surface area contributed by atoms with E-state index in [2.05, 4.69) is 15.5 Å². The number of hydrogen-bond donors (Lipinski definition) is 2. The van der Waals surface area contributed by atoms with E-state index < -0.39 is 5.82 Å². The normalized spacial score (nSPS) is 19.2. The Balaban J connectivity index is 1.62. The highest BCUT2D eigenvalue weighted by molar-refractivity contribution is 5.98. The largest absolute Gasteiger partial charge is 0.323 e. The number of aromatic nitrogens is 2. The number of hydrogen-bond acceptors (Lipinski definition) is 2. The first-order chi connectivity index (χ1) is 12.5. The lowest BCUT2D eigenvalue weighted by molar-refractivity contribution is -0.117. The molecule has 0 bridgehead atoms. The van der Waals surface area contributed by atoms with E-state index in [0.717, 1.165) is 12.0 Å². The van der Waals surface area contributed by atoms with Gasteiger partial charge in [0.2, 0.25) is 5.91 Å². The van der Waals surface area contributed by atoms with E-state index in [1.807, 2.05) is 6.92 Å². The predicted molar refractivity (Wildman–Crippen MR) is 97.3 cm³/mol. The van der Waals surface area contributed by atoms with Crippen molar-refractivity contribution in [2.45, 2.75) is 13.3 Å². The molecule has 1 heterocycles. The number of halogens is 2. The van der Waals surface area contributed by atoms with E-state index in [0.29, 0.717) is 22.5 Å². The van der Waals surface area contributed by atoms with Crippen LogP contribution in [-0.4, -0.2) is 16.1 Å². The fourth-order valence-electron chi connectivity index (χ4n) is 2.94. The number of carbonyl (C=O) groups excluding carboxylic acids is 1. The average molecular weight is 353 g/mol. The molecular weight excluding hydrogens is 336 g/mol. The van der Waals surface area contributed by atoms with Crippen LogP contribution in [0.3, 0.4) is 0 Å². The Hall–Kier alpha value is -3.02. The minimum absolute atomic E-state index is 0.0349. The maximum absolute atomic E-state index is 14.2. The number of nitrogens with one attached hydrogen (secondary N) is 2. The van der Waals surface area contributed by atoms with Crippen LogP contribution in [0.25, 0.3) is 23.1 Å². The van der Waals surface area contributed by atoms with Crippen molar-refractivity contribution in [3.8, 4) is 0 Å². The monoisotopic (exact) mass is 353 g/mol. The second kappa shape index (κ2) is 6.37. The van der Waals surface area contributed by atoms with Gasteiger partial charge in [0.1, 0.15) is 11.6 Å². The maximum atomic E-state index is 14.2. The zero-order valence-electron chi connectivity index (χ0n) is 14.1. The Kier molecular flexibility index (Phi) is 4.03. The van der Waals surface area contributed by atoms with Crippen LogP contribution in [-0.2, 0) is 4.79 Å². The number of rotatable bonds is 4. The Morgan fingerprint density at radius 2 is 1.96 bits per heavy atom. The number of H-pyrrole nitrogens is 1. The summed E-state index contributed by atoms with van der Waals surface area (Å²) >= 11 is 0. The van der Waals surface area contributed by atoms with Gasteiger partial charge in [-0.05, 0) is 42.2 Å². The van der Waals surface area contributed by atoms with Crippen molar-refractivity contribution in [1.29, 1.82) is 0 Å². The van der Waals surface area contributed by atoms with Crippen molar-refractivity contribution in [3.05, 3.63) is 59.3 Å². The van der Waals surface area contributed by atoms with Gasteiger partial charge in [-0.2, -0.15) is 5.10 Å². The second-order valence-corrected chi connectivity index (χ2v) is 6.68. The molecule has 4 rings (SSSR count). The van der Waals surface area contributed by atoms with Gasteiger partial charge in [-0.1, -0.05) is 25.1 Å². The van der Waals surface area contributed by atoms with Crippen molar-refractivity contribution in [1.82, 2.24) is 10.2 Å². The van der Waals surface area contributed by atoms with Crippen LogP contribution in [0.1, 0.15) is 24.6 Å². The van der Waals surface area contributed by atoms with Crippen molar-refractivity contribution >= 4 is 34.6 Å². The Morgan fingerprint density at radius 3 is 2.65 bits per heavy atom. The first kappa shape index (κ1) is 16.4. The van der Waals surface area contributed by atoms with Crippen LogP contribution >= 0.6 is 0 Å². The number of anilines is 1. The maximum Gasteiger partial charge on any atom is 0.227 e. The first-order valence-corrected chi connectivity index (χ1v) is 8.43. The van der Waals surface area contributed by atoms with Crippen LogP contribution < -0.4 is 5.32 Å². The van der Waals surface area contributed by atoms with Gasteiger partial charge in [-0.15, -0.1) is 0 Å². The molecule has 0 radical (unpaired) electrons. The minimum Gasteiger partial charge on any atom is -0.323 e. The molecule has 1 saturated carbocycles. The fraction of sp³-hybridized carbons (Fsp3) is 0.200. The molecule has 0 spiro atoms. The van der Waals surface area contributed by atoms with Gasteiger partial charge in [0.05, 0.1) is 16.9 Å². The van der Waals surface area contributed by atoms with Gasteiger partial charge < -0.3 is 5.32 Å². The van der Waals surface area contributed by atoms with Gasteiger partial charge in [0, 0.05) is 17.4 Å². The number of carbonyl (C=O) groups is 1. The summed E-state index contributed by atoms with van der Waals surface area (Å²) in [5.74, 6) is -0.634. The molecule has 2 unspecified atom stereocenters. The lowest BCUT2D eigenvalue weighted by atomic mass is 10.1. The van der Waals surface area contributed by atoms with Crippen LogP contribution in [0.4, 0.5) is 14.5 Å². The highest BCUT2D eigenvalue weighted by Gasteiger charge is 2.39. The molecule has 1 aliphatic rings. The van der Waals surface area contributed by atoms with Gasteiger partial charge >= 0.3 is 0 Å². The van der Waals surface area contributed by atoms with Crippen LogP contribution in [0.2, 0.25) is 0 Å². The third kappa shape index (κ3) is 3.22. The van der Waals surface area contributed by atoms with Crippen LogP contribution in [0, 0.1) is 23.5 Å². The number of fused-ring (bicyclic) bond motifs is 1. The van der Waals surface area contributed by atoms with Gasteiger partial charge in [0.15, 0.2) is 0 Å². The zero-order valence-corrected chi connectivity index (χ0v) is 14.1. The fourth-order valence-corrected chi connectivity index (χ4v) is 2.94. The topological polar surface area (TPSA) is 57.8 Å². The molecular formula is C20H17F2N3O. The Bertz CT molecular complexity index is 1010. The van der Waals surface area contributed by atoms with E-state index in [1.54, 1.807) is 30.4 Å². The van der Waals surface area contributed by atoms with Gasteiger partial charge in [-0.3, -0.25) is 9.89 Å². The van der Waals surface area contributed by atoms with E-state index in [1.165, 1.54) is 18.2 Å². The molecule has 26 heavy (non-hydrogen) atoms. The van der Waals surface area contributed by atoms with E-state index >= 15 is 0 Å². The third-order valence-electron chi connectivity index (χ3n) is 4.69. The highest BCUT2D eigenvalue weighted by Crippen LogP contribution is 2.38. The Labute approximate surface area is 148 Å². The summed E-state index contributed by atoms with van der Waals surface area (Å²) in [6.45, 7) is 2.00.